The summed E-state index contributed by atoms with van der Waals surface area (Å²) in [5.41, 5.74) is 5.62. The largest absolute Gasteiger partial charge is 0.369 e. The van der Waals surface area contributed by atoms with E-state index < -0.39 is 0 Å². The highest BCUT2D eigenvalue weighted by molar-refractivity contribution is 6.03. The fourth-order valence-corrected chi connectivity index (χ4v) is 4.43. The summed E-state index contributed by atoms with van der Waals surface area (Å²) in [6.45, 7) is 9.10. The van der Waals surface area contributed by atoms with Gasteiger partial charge in [-0.15, -0.1) is 0 Å². The van der Waals surface area contributed by atoms with Crippen molar-refractivity contribution in [2.75, 3.05) is 7.05 Å². The molecular weight excluding hydrogens is 346 g/mol. The summed E-state index contributed by atoms with van der Waals surface area (Å²) in [7, 11) is 1.70. The van der Waals surface area contributed by atoms with Crippen LogP contribution in [0.3, 0.4) is 0 Å². The van der Waals surface area contributed by atoms with Gasteiger partial charge in [0, 0.05) is 7.05 Å². The maximum atomic E-state index is 11.7. The van der Waals surface area contributed by atoms with Crippen LogP contribution in [-0.4, -0.2) is 29.9 Å². The summed E-state index contributed by atoms with van der Waals surface area (Å²) < 4.78 is 0. The molecule has 3 atom stereocenters. The maximum Gasteiger partial charge on any atom is 0.253 e. The number of nitrogens with two attached hydrogens (primary N) is 1. The molecular formula is C24H47N3O. The van der Waals surface area contributed by atoms with E-state index in [2.05, 4.69) is 32.7 Å². The minimum atomic E-state index is -0.202. The fraction of sp³-hybridized carbons (Fsp3) is 0.917. The van der Waals surface area contributed by atoms with Crippen LogP contribution in [0, 0.1) is 17.8 Å². The van der Waals surface area contributed by atoms with Gasteiger partial charge in [0.25, 0.3) is 5.91 Å². The molecule has 164 valence electrons. The van der Waals surface area contributed by atoms with Crippen molar-refractivity contribution in [3.63, 3.8) is 0 Å². The molecule has 0 radical (unpaired) electrons. The molecule has 3 aliphatic rings. The minimum Gasteiger partial charge on any atom is -0.369 e. The van der Waals surface area contributed by atoms with E-state index in [0.717, 1.165) is 30.6 Å². The third-order valence-electron chi connectivity index (χ3n) is 6.52. The van der Waals surface area contributed by atoms with Crippen LogP contribution in [0.1, 0.15) is 111 Å². The number of likely N-dealkylation sites (N-methyl/N-ethyl adjacent to an activating group) is 1. The van der Waals surface area contributed by atoms with Crippen molar-refractivity contribution in [3.8, 4) is 0 Å². The molecule has 2 N–H and O–H groups in total. The van der Waals surface area contributed by atoms with Crippen LogP contribution in [0.25, 0.3) is 0 Å². The average Bonchev–Trinajstić information content (AvgIpc) is 2.94. The molecule has 0 aromatic rings. The summed E-state index contributed by atoms with van der Waals surface area (Å²) in [5, 5.41) is 0. The predicted molar refractivity (Wildman–Crippen MR) is 121 cm³/mol. The molecule has 0 bridgehead atoms. The molecule has 3 rings (SSSR count). The average molecular weight is 394 g/mol. The zero-order valence-corrected chi connectivity index (χ0v) is 19.4. The zero-order chi connectivity index (χ0) is 20.9. The van der Waals surface area contributed by atoms with Gasteiger partial charge in [-0.3, -0.25) is 9.69 Å². The molecule has 3 unspecified atom stereocenters. The molecule has 0 spiro atoms. The van der Waals surface area contributed by atoms with Gasteiger partial charge in [0.2, 0.25) is 0 Å². The molecule has 0 aromatic carbocycles. The maximum absolute atomic E-state index is 11.7. The molecule has 0 aromatic heterocycles. The Balaban J connectivity index is 0.000000272. The molecule has 2 fully saturated rings. The number of rotatable bonds is 4. The first-order chi connectivity index (χ1) is 13.4. The van der Waals surface area contributed by atoms with Crippen LogP contribution in [0.5, 0.6) is 0 Å². The molecule has 0 saturated heterocycles. The number of carbonyl (C=O) groups is 1. The van der Waals surface area contributed by atoms with Crippen molar-refractivity contribution in [1.29, 1.82) is 0 Å². The number of hydrogen-bond donors (Lipinski definition) is 1. The number of aliphatic imine (C=N–C) groups is 1. The third kappa shape index (κ3) is 9.43. The van der Waals surface area contributed by atoms with Crippen molar-refractivity contribution in [3.05, 3.63) is 0 Å². The van der Waals surface area contributed by atoms with Gasteiger partial charge in [0.1, 0.15) is 6.04 Å². The highest BCUT2D eigenvalue weighted by Crippen LogP contribution is 2.29. The zero-order valence-electron chi connectivity index (χ0n) is 19.4. The molecule has 1 aliphatic heterocycles. The molecule has 2 saturated carbocycles. The summed E-state index contributed by atoms with van der Waals surface area (Å²) in [6, 6.07) is -0.202. The first-order valence-corrected chi connectivity index (χ1v) is 12.0. The molecule has 1 amide bonds. The van der Waals surface area contributed by atoms with Gasteiger partial charge in [-0.25, -0.2) is 4.99 Å². The Bertz CT molecular complexity index is 447. The normalized spacial score (nSPS) is 28.0. The Hall–Kier alpha value is -1.06. The number of hydrogen-bond acceptors (Lipinski definition) is 3. The van der Waals surface area contributed by atoms with Crippen molar-refractivity contribution in [2.45, 2.75) is 117 Å². The second kappa shape index (κ2) is 14.0. The number of guanidine groups is 1. The van der Waals surface area contributed by atoms with Crippen LogP contribution in [0.4, 0.5) is 0 Å². The van der Waals surface area contributed by atoms with E-state index in [1.807, 2.05) is 0 Å². The second-order valence-electron chi connectivity index (χ2n) is 9.36. The fourth-order valence-electron chi connectivity index (χ4n) is 4.43. The van der Waals surface area contributed by atoms with Crippen LogP contribution in [-0.2, 0) is 4.79 Å². The summed E-state index contributed by atoms with van der Waals surface area (Å²) >= 11 is 0. The van der Waals surface area contributed by atoms with E-state index in [0.29, 0.717) is 5.96 Å². The first-order valence-electron chi connectivity index (χ1n) is 12.0. The lowest BCUT2D eigenvalue weighted by atomic mass is 9.84. The standard InChI is InChI=1S/C12H21N3O.C8H16.C4H10/c1-15-11(16)10(14-12(15)13)8-7-9-5-3-2-4-6-9;1-7-4-3-5-8(2)6-7;1-3-4-2/h9-10H,2-8H2,1H3,(H2,13,14);7-8H,3-6H2,1-2H3;3-4H2,1-2H3. The number of carbonyl (C=O) groups excluding carboxylic acids is 1. The van der Waals surface area contributed by atoms with E-state index in [1.54, 1.807) is 7.05 Å². The molecule has 4 heteroatoms. The quantitative estimate of drug-likeness (QED) is 0.623. The lowest BCUT2D eigenvalue weighted by Gasteiger charge is -2.22. The lowest BCUT2D eigenvalue weighted by molar-refractivity contribution is -0.126. The van der Waals surface area contributed by atoms with Crippen molar-refractivity contribution in [1.82, 2.24) is 4.90 Å². The van der Waals surface area contributed by atoms with Crippen LogP contribution >= 0.6 is 0 Å². The van der Waals surface area contributed by atoms with Gasteiger partial charge in [-0.05, 0) is 37.0 Å². The number of amides is 1. The van der Waals surface area contributed by atoms with E-state index >= 15 is 0 Å². The van der Waals surface area contributed by atoms with E-state index in [9.17, 15) is 4.79 Å². The Kier molecular flexibility index (Phi) is 12.5. The summed E-state index contributed by atoms with van der Waals surface area (Å²) in [5.74, 6) is 3.27. The monoisotopic (exact) mass is 393 g/mol. The van der Waals surface area contributed by atoms with Gasteiger partial charge in [-0.2, -0.15) is 0 Å². The predicted octanol–water partition coefficient (Wildman–Crippen LogP) is 6.14. The third-order valence-corrected chi connectivity index (χ3v) is 6.52. The minimum absolute atomic E-state index is 0.0632. The Morgan fingerprint density at radius 2 is 1.50 bits per heavy atom. The molecule has 28 heavy (non-hydrogen) atoms. The van der Waals surface area contributed by atoms with Gasteiger partial charge in [0.05, 0.1) is 0 Å². The van der Waals surface area contributed by atoms with Crippen molar-refractivity contribution in [2.24, 2.45) is 28.5 Å². The van der Waals surface area contributed by atoms with Gasteiger partial charge >= 0.3 is 0 Å². The van der Waals surface area contributed by atoms with E-state index in [-0.39, 0.29) is 11.9 Å². The van der Waals surface area contributed by atoms with Crippen molar-refractivity contribution >= 4 is 11.9 Å². The van der Waals surface area contributed by atoms with Crippen LogP contribution in [0.15, 0.2) is 4.99 Å². The number of unbranched alkanes of at least 4 members (excludes halogenated alkanes) is 1. The summed E-state index contributed by atoms with van der Waals surface area (Å²) in [4.78, 5) is 17.4. The highest BCUT2D eigenvalue weighted by Gasteiger charge is 2.30. The Morgan fingerprint density at radius 1 is 0.929 bits per heavy atom. The van der Waals surface area contributed by atoms with Crippen LogP contribution < -0.4 is 5.73 Å². The Labute approximate surface area is 174 Å². The van der Waals surface area contributed by atoms with Gasteiger partial charge in [0.15, 0.2) is 5.96 Å². The highest BCUT2D eigenvalue weighted by atomic mass is 16.2. The first kappa shape index (κ1) is 25.0. The smallest absolute Gasteiger partial charge is 0.253 e. The number of nitrogens with zero attached hydrogens (tertiary/aromatic N) is 2. The molecule has 4 nitrogen and oxygen atoms in total. The lowest BCUT2D eigenvalue weighted by Crippen LogP contribution is -2.35. The second-order valence-corrected chi connectivity index (χ2v) is 9.36. The topological polar surface area (TPSA) is 58.7 Å². The Morgan fingerprint density at radius 3 is 1.89 bits per heavy atom. The molecule has 2 aliphatic carbocycles. The van der Waals surface area contributed by atoms with Gasteiger partial charge < -0.3 is 5.73 Å². The van der Waals surface area contributed by atoms with Crippen molar-refractivity contribution < 1.29 is 4.79 Å². The van der Waals surface area contributed by atoms with E-state index in [4.69, 9.17) is 5.73 Å². The SMILES string of the molecule is CC1CCCC(C)C1.CCCC.CN1C(=O)C(CCC2CCCCC2)N=C1N. The summed E-state index contributed by atoms with van der Waals surface area (Å²) in [6.07, 6.45) is 17.3. The molecule has 1 heterocycles. The van der Waals surface area contributed by atoms with Crippen LogP contribution in [0.2, 0.25) is 0 Å². The van der Waals surface area contributed by atoms with E-state index in [1.165, 1.54) is 75.5 Å². The van der Waals surface area contributed by atoms with Gasteiger partial charge in [-0.1, -0.05) is 91.9 Å².